The van der Waals surface area contributed by atoms with Gasteiger partial charge in [-0.05, 0) is 35.7 Å². The van der Waals surface area contributed by atoms with Crippen molar-refractivity contribution in [1.29, 1.82) is 0 Å². The van der Waals surface area contributed by atoms with Gasteiger partial charge in [0.1, 0.15) is 18.9 Å². The van der Waals surface area contributed by atoms with Crippen molar-refractivity contribution in [3.8, 4) is 5.75 Å². The summed E-state index contributed by atoms with van der Waals surface area (Å²) in [5.74, 6) is -1.01. The van der Waals surface area contributed by atoms with Gasteiger partial charge in [0.05, 0.1) is 12.3 Å². The minimum absolute atomic E-state index is 0.0781. The summed E-state index contributed by atoms with van der Waals surface area (Å²) >= 11 is 0. The highest BCUT2D eigenvalue weighted by Crippen LogP contribution is 2.27. The Balaban J connectivity index is 1.53. The van der Waals surface area contributed by atoms with Crippen LogP contribution in [0.4, 0.5) is 5.69 Å². The quantitative estimate of drug-likeness (QED) is 0.719. The Morgan fingerprint density at radius 1 is 1.07 bits per heavy atom. The molecule has 1 unspecified atom stereocenters. The minimum Gasteiger partial charge on any atom is -0.492 e. The lowest BCUT2D eigenvalue weighted by Crippen LogP contribution is -2.32. The Morgan fingerprint density at radius 3 is 2.56 bits per heavy atom. The number of hydrogen-bond donors (Lipinski definition) is 3. The van der Waals surface area contributed by atoms with Crippen molar-refractivity contribution in [2.45, 2.75) is 12.8 Å². The molecule has 1 aliphatic heterocycles. The molecule has 3 N–H and O–H groups in total. The van der Waals surface area contributed by atoms with Crippen LogP contribution in [0.2, 0.25) is 0 Å². The van der Waals surface area contributed by atoms with E-state index in [2.05, 4.69) is 10.6 Å². The molecule has 7 nitrogen and oxygen atoms in total. The second kappa shape index (κ2) is 8.35. The van der Waals surface area contributed by atoms with Crippen LogP contribution >= 0.6 is 0 Å². The predicted molar refractivity (Wildman–Crippen MR) is 98.6 cm³/mol. The first-order chi connectivity index (χ1) is 13.0. The maximum Gasteiger partial charge on any atom is 0.322 e. The molecule has 2 aromatic rings. The van der Waals surface area contributed by atoms with Crippen LogP contribution in [0.3, 0.4) is 0 Å². The topological polar surface area (TPSA) is 105 Å². The Morgan fingerprint density at radius 2 is 1.81 bits per heavy atom. The lowest BCUT2D eigenvalue weighted by atomic mass is 9.96. The maximum absolute atomic E-state index is 12.5. The highest BCUT2D eigenvalue weighted by molar-refractivity contribution is 5.93. The number of rotatable bonds is 6. The van der Waals surface area contributed by atoms with Gasteiger partial charge in [-0.1, -0.05) is 30.3 Å². The number of hydrogen-bond acceptors (Lipinski definition) is 4. The normalized spacial score (nSPS) is 15.2. The van der Waals surface area contributed by atoms with E-state index in [0.717, 1.165) is 16.9 Å². The smallest absolute Gasteiger partial charge is 0.322 e. The number of para-hydroxylation sites is 1. The van der Waals surface area contributed by atoms with E-state index >= 15 is 0 Å². The molecule has 0 saturated heterocycles. The Bertz CT molecular complexity index is 848. The van der Waals surface area contributed by atoms with Crippen molar-refractivity contribution in [2.24, 2.45) is 5.92 Å². The van der Waals surface area contributed by atoms with Crippen LogP contribution in [0.25, 0.3) is 0 Å². The number of benzene rings is 2. The fourth-order valence-corrected chi connectivity index (χ4v) is 2.87. The average Bonchev–Trinajstić information content (AvgIpc) is 2.67. The molecule has 1 heterocycles. The van der Waals surface area contributed by atoms with Crippen molar-refractivity contribution in [2.75, 3.05) is 18.5 Å². The number of amides is 2. The van der Waals surface area contributed by atoms with Crippen LogP contribution in [0, 0.1) is 5.92 Å². The fourth-order valence-electron chi connectivity index (χ4n) is 2.87. The summed E-state index contributed by atoms with van der Waals surface area (Å²) in [6, 6.07) is 14.6. The molecule has 0 aliphatic carbocycles. The van der Waals surface area contributed by atoms with Crippen LogP contribution in [-0.2, 0) is 27.2 Å². The first-order valence-corrected chi connectivity index (χ1v) is 8.60. The first-order valence-electron chi connectivity index (χ1n) is 8.60. The molecule has 3 rings (SSSR count). The molecule has 0 aromatic heterocycles. The summed E-state index contributed by atoms with van der Waals surface area (Å²) in [4.78, 5) is 34.5. The molecule has 140 valence electrons. The molecular formula is C20H20N2O5. The Kier molecular flexibility index (Phi) is 5.71. The van der Waals surface area contributed by atoms with Crippen LogP contribution < -0.4 is 15.4 Å². The summed E-state index contributed by atoms with van der Waals surface area (Å²) in [6.07, 6.45) is 0.707. The summed E-state index contributed by atoms with van der Waals surface area (Å²) in [7, 11) is 0. The number of fused-ring (bicyclic) bond motifs is 1. The standard InChI is InChI=1S/C20H20N2O5/c23-18(21-11-19(24)25)9-13-5-7-16(8-6-13)22-20(26)15-10-14-3-1-2-4-17(14)27-12-15/h1-8,15H,9-12H2,(H,21,23)(H,22,26)(H,24,25). The van der Waals surface area contributed by atoms with Crippen molar-refractivity contribution < 1.29 is 24.2 Å². The number of carboxylic acids is 1. The van der Waals surface area contributed by atoms with Crippen LogP contribution in [-0.4, -0.2) is 36.0 Å². The van der Waals surface area contributed by atoms with Crippen molar-refractivity contribution in [3.05, 3.63) is 59.7 Å². The zero-order valence-electron chi connectivity index (χ0n) is 14.6. The molecule has 7 heteroatoms. The fraction of sp³-hybridized carbons (Fsp3) is 0.250. The van der Waals surface area contributed by atoms with Crippen molar-refractivity contribution in [1.82, 2.24) is 5.32 Å². The predicted octanol–water partition coefficient (Wildman–Crippen LogP) is 1.62. The third-order valence-corrected chi connectivity index (χ3v) is 4.27. The van der Waals surface area contributed by atoms with E-state index in [1.807, 2.05) is 24.3 Å². The largest absolute Gasteiger partial charge is 0.492 e. The van der Waals surface area contributed by atoms with Crippen LogP contribution in [0.1, 0.15) is 11.1 Å². The highest BCUT2D eigenvalue weighted by Gasteiger charge is 2.25. The third kappa shape index (κ3) is 5.07. The van der Waals surface area contributed by atoms with Crippen molar-refractivity contribution >= 4 is 23.5 Å². The summed E-state index contributed by atoms with van der Waals surface area (Å²) in [6.45, 7) is -0.0652. The molecule has 0 fully saturated rings. The lowest BCUT2D eigenvalue weighted by Gasteiger charge is -2.24. The summed E-state index contributed by atoms with van der Waals surface area (Å²) in [5.41, 5.74) is 2.38. The van der Waals surface area contributed by atoms with Crippen LogP contribution in [0.15, 0.2) is 48.5 Å². The van der Waals surface area contributed by atoms with E-state index in [9.17, 15) is 14.4 Å². The van der Waals surface area contributed by atoms with Gasteiger partial charge in [-0.25, -0.2) is 0 Å². The number of nitrogens with one attached hydrogen (secondary N) is 2. The van der Waals surface area contributed by atoms with E-state index < -0.39 is 12.5 Å². The molecule has 2 amide bonds. The molecule has 0 bridgehead atoms. The molecule has 27 heavy (non-hydrogen) atoms. The number of carbonyl (C=O) groups excluding carboxylic acids is 2. The van der Waals surface area contributed by atoms with Gasteiger partial charge in [0.25, 0.3) is 0 Å². The number of anilines is 1. The van der Waals surface area contributed by atoms with Gasteiger partial charge in [0.15, 0.2) is 0 Å². The molecule has 0 saturated carbocycles. The van der Waals surface area contributed by atoms with Gasteiger partial charge in [-0.2, -0.15) is 0 Å². The molecule has 0 spiro atoms. The highest BCUT2D eigenvalue weighted by atomic mass is 16.5. The zero-order chi connectivity index (χ0) is 19.2. The van der Waals surface area contributed by atoms with Gasteiger partial charge in [0, 0.05) is 5.69 Å². The lowest BCUT2D eigenvalue weighted by molar-refractivity contribution is -0.137. The number of ether oxygens (including phenoxy) is 1. The minimum atomic E-state index is -1.09. The number of aliphatic carboxylic acids is 1. The van der Waals surface area contributed by atoms with Crippen LogP contribution in [0.5, 0.6) is 5.75 Å². The summed E-state index contributed by atoms with van der Waals surface area (Å²) in [5, 5.41) is 13.7. The Labute approximate surface area is 156 Å². The van der Waals surface area contributed by atoms with E-state index in [1.54, 1.807) is 24.3 Å². The molecule has 0 radical (unpaired) electrons. The molecule has 1 aliphatic rings. The van der Waals surface area contributed by atoms with E-state index in [4.69, 9.17) is 9.84 Å². The molecule has 2 aromatic carbocycles. The van der Waals surface area contributed by atoms with Gasteiger partial charge in [0.2, 0.25) is 11.8 Å². The van der Waals surface area contributed by atoms with Gasteiger partial charge < -0.3 is 20.5 Å². The second-order valence-electron chi connectivity index (χ2n) is 6.35. The first kappa shape index (κ1) is 18.4. The van der Waals surface area contributed by atoms with E-state index in [0.29, 0.717) is 18.7 Å². The maximum atomic E-state index is 12.5. The number of carbonyl (C=O) groups is 3. The number of carboxylic acid groups (broad SMARTS) is 1. The molecular weight excluding hydrogens is 348 g/mol. The van der Waals surface area contributed by atoms with Gasteiger partial charge in [-0.3, -0.25) is 14.4 Å². The zero-order valence-corrected chi connectivity index (χ0v) is 14.6. The second-order valence-corrected chi connectivity index (χ2v) is 6.35. The monoisotopic (exact) mass is 368 g/mol. The Hall–Kier alpha value is -3.35. The third-order valence-electron chi connectivity index (χ3n) is 4.27. The average molecular weight is 368 g/mol. The summed E-state index contributed by atoms with van der Waals surface area (Å²) < 4.78 is 5.65. The SMILES string of the molecule is O=C(O)CNC(=O)Cc1ccc(NC(=O)C2COc3ccccc3C2)cc1. The van der Waals surface area contributed by atoms with Crippen molar-refractivity contribution in [3.63, 3.8) is 0 Å². The van der Waals surface area contributed by atoms with Gasteiger partial charge >= 0.3 is 5.97 Å². The van der Waals surface area contributed by atoms with E-state index in [1.165, 1.54) is 0 Å². The van der Waals surface area contributed by atoms with E-state index in [-0.39, 0.29) is 24.2 Å². The molecule has 1 atom stereocenters. The van der Waals surface area contributed by atoms with Gasteiger partial charge in [-0.15, -0.1) is 0 Å².